The topological polar surface area (TPSA) is 63.4 Å². The van der Waals surface area contributed by atoms with Crippen LogP contribution in [-0.4, -0.2) is 38.7 Å². The number of hydrogen-bond acceptors (Lipinski definition) is 4. The molecule has 0 atom stereocenters. The van der Waals surface area contributed by atoms with Crippen LogP contribution in [0.25, 0.3) is 0 Å². The number of unbranched alkanes of at least 4 members (excludes halogenated alkanes) is 1. The lowest BCUT2D eigenvalue weighted by atomic mass is 10.2. The van der Waals surface area contributed by atoms with Gasteiger partial charge < -0.3 is 10.6 Å². The molecule has 2 N–H and O–H groups in total. The molecule has 0 unspecified atom stereocenters. The fourth-order valence-electron chi connectivity index (χ4n) is 2.01. The smallest absolute Gasteiger partial charge is 0.179 e. The van der Waals surface area contributed by atoms with Crippen molar-refractivity contribution in [1.82, 2.24) is 4.90 Å². The summed E-state index contributed by atoms with van der Waals surface area (Å²) in [4.78, 5) is 2.58. The standard InChI is InChI=1S/C15H26N2O2S/c1-3-5-10-17(4-2)11-12-20(18,19)15-8-6-14(13-16)7-9-15/h6-9H,3-5,10-13,16H2,1-2H3. The highest BCUT2D eigenvalue weighted by atomic mass is 32.2. The predicted octanol–water partition coefficient (Wildman–Crippen LogP) is 2.04. The molecular weight excluding hydrogens is 272 g/mol. The number of rotatable bonds is 9. The van der Waals surface area contributed by atoms with Gasteiger partial charge in [-0.25, -0.2) is 8.42 Å². The molecule has 1 rings (SSSR count). The molecule has 0 aromatic heterocycles. The second-order valence-corrected chi connectivity index (χ2v) is 7.06. The third-order valence-corrected chi connectivity index (χ3v) is 5.18. The first-order valence-electron chi connectivity index (χ1n) is 7.27. The lowest BCUT2D eigenvalue weighted by Gasteiger charge is -2.19. The highest BCUT2D eigenvalue weighted by Gasteiger charge is 2.15. The lowest BCUT2D eigenvalue weighted by Crippen LogP contribution is -2.30. The van der Waals surface area contributed by atoms with Gasteiger partial charge in [0.25, 0.3) is 0 Å². The Morgan fingerprint density at radius 2 is 1.75 bits per heavy atom. The molecule has 0 aliphatic carbocycles. The third-order valence-electron chi connectivity index (χ3n) is 3.47. The second kappa shape index (κ2) is 8.39. The summed E-state index contributed by atoms with van der Waals surface area (Å²) in [5.74, 6) is 0.173. The van der Waals surface area contributed by atoms with E-state index in [1.54, 1.807) is 24.3 Å². The van der Waals surface area contributed by atoms with Crippen molar-refractivity contribution in [1.29, 1.82) is 0 Å². The average molecular weight is 298 g/mol. The van der Waals surface area contributed by atoms with E-state index in [1.165, 1.54) is 0 Å². The van der Waals surface area contributed by atoms with E-state index in [9.17, 15) is 8.42 Å². The van der Waals surface area contributed by atoms with E-state index in [0.29, 0.717) is 18.0 Å². The number of benzene rings is 1. The molecule has 20 heavy (non-hydrogen) atoms. The number of hydrogen-bond donors (Lipinski definition) is 1. The summed E-state index contributed by atoms with van der Waals surface area (Å²) in [5, 5.41) is 0. The molecule has 1 aromatic carbocycles. The SMILES string of the molecule is CCCCN(CC)CCS(=O)(=O)c1ccc(CN)cc1. The summed E-state index contributed by atoms with van der Waals surface area (Å²) < 4.78 is 24.5. The zero-order valence-corrected chi connectivity index (χ0v) is 13.3. The molecule has 0 fully saturated rings. The maximum absolute atomic E-state index is 12.3. The van der Waals surface area contributed by atoms with Crippen molar-refractivity contribution in [3.05, 3.63) is 29.8 Å². The lowest BCUT2D eigenvalue weighted by molar-refractivity contribution is 0.299. The second-order valence-electron chi connectivity index (χ2n) is 4.95. The highest BCUT2D eigenvalue weighted by molar-refractivity contribution is 7.91. The van der Waals surface area contributed by atoms with Crippen molar-refractivity contribution < 1.29 is 8.42 Å². The van der Waals surface area contributed by atoms with Crippen molar-refractivity contribution in [2.24, 2.45) is 5.73 Å². The van der Waals surface area contributed by atoms with E-state index in [0.717, 1.165) is 31.5 Å². The Bertz CT molecular complexity index is 483. The van der Waals surface area contributed by atoms with Gasteiger partial charge in [0.2, 0.25) is 0 Å². The van der Waals surface area contributed by atoms with Gasteiger partial charge in [-0.2, -0.15) is 0 Å². The minimum absolute atomic E-state index is 0.173. The van der Waals surface area contributed by atoms with Crippen molar-refractivity contribution in [3.63, 3.8) is 0 Å². The average Bonchev–Trinajstić information content (AvgIpc) is 2.47. The van der Waals surface area contributed by atoms with Crippen molar-refractivity contribution in [3.8, 4) is 0 Å². The van der Waals surface area contributed by atoms with Gasteiger partial charge in [0.15, 0.2) is 9.84 Å². The van der Waals surface area contributed by atoms with E-state index in [1.807, 2.05) is 0 Å². The molecule has 0 spiro atoms. The monoisotopic (exact) mass is 298 g/mol. The van der Waals surface area contributed by atoms with Crippen LogP contribution in [0.2, 0.25) is 0 Å². The molecule has 1 aromatic rings. The van der Waals surface area contributed by atoms with Crippen LogP contribution in [0.3, 0.4) is 0 Å². The van der Waals surface area contributed by atoms with Gasteiger partial charge in [-0.15, -0.1) is 0 Å². The van der Waals surface area contributed by atoms with Crippen LogP contribution in [0.1, 0.15) is 32.3 Å². The Morgan fingerprint density at radius 3 is 2.25 bits per heavy atom. The third kappa shape index (κ3) is 5.23. The van der Waals surface area contributed by atoms with Crippen molar-refractivity contribution in [2.45, 2.75) is 38.1 Å². The molecule has 0 heterocycles. The van der Waals surface area contributed by atoms with Gasteiger partial charge in [-0.3, -0.25) is 0 Å². The first-order valence-corrected chi connectivity index (χ1v) is 8.92. The molecule has 114 valence electrons. The Morgan fingerprint density at radius 1 is 1.10 bits per heavy atom. The normalized spacial score (nSPS) is 12.0. The molecule has 0 aliphatic rings. The van der Waals surface area contributed by atoms with Gasteiger partial charge >= 0.3 is 0 Å². The van der Waals surface area contributed by atoms with Gasteiger partial charge in [0.1, 0.15) is 0 Å². The first-order chi connectivity index (χ1) is 9.53. The Balaban J connectivity index is 2.63. The van der Waals surface area contributed by atoms with E-state index >= 15 is 0 Å². The van der Waals surface area contributed by atoms with E-state index in [4.69, 9.17) is 5.73 Å². The summed E-state index contributed by atoms with van der Waals surface area (Å²) in [7, 11) is -3.20. The molecule has 0 saturated carbocycles. The number of nitrogens with zero attached hydrogens (tertiary/aromatic N) is 1. The largest absolute Gasteiger partial charge is 0.326 e. The molecular formula is C15H26N2O2S. The summed E-state index contributed by atoms with van der Waals surface area (Å²) in [6.07, 6.45) is 2.24. The van der Waals surface area contributed by atoms with Crippen LogP contribution >= 0.6 is 0 Å². The van der Waals surface area contributed by atoms with Gasteiger partial charge in [0, 0.05) is 13.1 Å². The van der Waals surface area contributed by atoms with E-state index in [-0.39, 0.29) is 5.75 Å². The Kier molecular flexibility index (Phi) is 7.19. The Hall–Kier alpha value is -0.910. The summed E-state index contributed by atoms with van der Waals surface area (Å²) in [6, 6.07) is 6.86. The number of nitrogens with two attached hydrogens (primary N) is 1. The van der Waals surface area contributed by atoms with Gasteiger partial charge in [0.05, 0.1) is 10.6 Å². The zero-order valence-electron chi connectivity index (χ0n) is 12.5. The maximum atomic E-state index is 12.3. The first kappa shape index (κ1) is 17.1. The molecule has 0 bridgehead atoms. The molecule has 0 aliphatic heterocycles. The quantitative estimate of drug-likeness (QED) is 0.758. The van der Waals surface area contributed by atoms with Crippen LogP contribution in [0.15, 0.2) is 29.2 Å². The molecule has 4 nitrogen and oxygen atoms in total. The molecule has 0 saturated heterocycles. The number of sulfone groups is 1. The van der Waals surface area contributed by atoms with Crippen LogP contribution in [0, 0.1) is 0 Å². The van der Waals surface area contributed by atoms with Crippen molar-refractivity contribution >= 4 is 9.84 Å². The summed E-state index contributed by atoms with van der Waals surface area (Å²) in [6.45, 7) is 7.09. The van der Waals surface area contributed by atoms with Gasteiger partial charge in [-0.05, 0) is 37.2 Å². The maximum Gasteiger partial charge on any atom is 0.179 e. The summed E-state index contributed by atoms with van der Waals surface area (Å²) in [5.41, 5.74) is 6.46. The minimum Gasteiger partial charge on any atom is -0.326 e. The van der Waals surface area contributed by atoms with Crippen LogP contribution in [0.4, 0.5) is 0 Å². The van der Waals surface area contributed by atoms with Crippen LogP contribution in [0.5, 0.6) is 0 Å². The zero-order chi connectivity index (χ0) is 15.0. The molecule has 0 radical (unpaired) electrons. The van der Waals surface area contributed by atoms with E-state index < -0.39 is 9.84 Å². The Labute approximate surface area is 122 Å². The summed E-state index contributed by atoms with van der Waals surface area (Å²) >= 11 is 0. The van der Waals surface area contributed by atoms with Crippen LogP contribution < -0.4 is 5.73 Å². The van der Waals surface area contributed by atoms with E-state index in [2.05, 4.69) is 18.7 Å². The fourth-order valence-corrected chi connectivity index (χ4v) is 3.29. The minimum atomic E-state index is -3.20. The van der Waals surface area contributed by atoms with Crippen LogP contribution in [-0.2, 0) is 16.4 Å². The fraction of sp³-hybridized carbons (Fsp3) is 0.600. The van der Waals surface area contributed by atoms with Gasteiger partial charge in [-0.1, -0.05) is 32.4 Å². The highest BCUT2D eigenvalue weighted by Crippen LogP contribution is 2.12. The molecule has 0 amide bonds. The molecule has 5 heteroatoms. The van der Waals surface area contributed by atoms with Crippen molar-refractivity contribution in [2.75, 3.05) is 25.4 Å². The predicted molar refractivity (Wildman–Crippen MR) is 83.4 cm³/mol.